The second-order valence-electron chi connectivity index (χ2n) is 4.81. The first-order valence-electron chi connectivity index (χ1n) is 7.19. The van der Waals surface area contributed by atoms with Crippen molar-refractivity contribution in [3.8, 4) is 0 Å². The van der Waals surface area contributed by atoms with E-state index in [9.17, 15) is 4.79 Å². The van der Waals surface area contributed by atoms with Gasteiger partial charge in [0.25, 0.3) is 5.91 Å². The van der Waals surface area contributed by atoms with Crippen molar-refractivity contribution in [3.63, 3.8) is 0 Å². The summed E-state index contributed by atoms with van der Waals surface area (Å²) in [4.78, 5) is 16.3. The molecule has 2 N–H and O–H groups in total. The van der Waals surface area contributed by atoms with Crippen molar-refractivity contribution in [1.29, 1.82) is 0 Å². The molecule has 1 aromatic heterocycles. The summed E-state index contributed by atoms with van der Waals surface area (Å²) in [6.45, 7) is 7.02. The Balaban J connectivity index is 2.50. The van der Waals surface area contributed by atoms with Crippen molar-refractivity contribution < 1.29 is 4.79 Å². The highest BCUT2D eigenvalue weighted by Gasteiger charge is 2.11. The van der Waals surface area contributed by atoms with Crippen molar-refractivity contribution in [2.75, 3.05) is 11.9 Å². The first-order chi connectivity index (χ1) is 9.17. The summed E-state index contributed by atoms with van der Waals surface area (Å²) in [5.74, 6) is 0.650. The summed E-state index contributed by atoms with van der Waals surface area (Å²) in [5, 5.41) is 6.10. The minimum Gasteiger partial charge on any atom is -0.370 e. The smallest absolute Gasteiger partial charge is 0.270 e. The Bertz CT molecular complexity index is 393. The van der Waals surface area contributed by atoms with Gasteiger partial charge in [0.05, 0.1) is 0 Å². The van der Waals surface area contributed by atoms with Gasteiger partial charge in [-0.1, -0.05) is 32.3 Å². The molecule has 0 saturated carbocycles. The predicted octanol–water partition coefficient (Wildman–Crippen LogP) is 3.21. The van der Waals surface area contributed by atoms with E-state index in [1.165, 1.54) is 12.8 Å². The van der Waals surface area contributed by atoms with E-state index in [1.54, 1.807) is 6.07 Å². The Kier molecular flexibility index (Phi) is 6.93. The SMILES string of the molecule is CCCCCC(C)NC(=O)c1cccc(NCC)n1. The monoisotopic (exact) mass is 263 g/mol. The Hall–Kier alpha value is -1.58. The first kappa shape index (κ1) is 15.5. The third-order valence-electron chi connectivity index (χ3n) is 2.96. The maximum Gasteiger partial charge on any atom is 0.270 e. The number of anilines is 1. The third kappa shape index (κ3) is 5.73. The molecule has 1 rings (SSSR count). The Morgan fingerprint density at radius 2 is 2.11 bits per heavy atom. The molecule has 0 radical (unpaired) electrons. The molecule has 1 atom stereocenters. The van der Waals surface area contributed by atoms with Crippen LogP contribution in [0.4, 0.5) is 5.82 Å². The van der Waals surface area contributed by atoms with Crippen LogP contribution in [0, 0.1) is 0 Å². The number of hydrogen-bond donors (Lipinski definition) is 2. The van der Waals surface area contributed by atoms with E-state index >= 15 is 0 Å². The molecule has 4 heteroatoms. The fourth-order valence-corrected chi connectivity index (χ4v) is 1.91. The molecule has 1 heterocycles. The van der Waals surface area contributed by atoms with Gasteiger partial charge in [-0.15, -0.1) is 0 Å². The highest BCUT2D eigenvalue weighted by atomic mass is 16.1. The summed E-state index contributed by atoms with van der Waals surface area (Å²) in [5.41, 5.74) is 0.473. The largest absolute Gasteiger partial charge is 0.370 e. The predicted molar refractivity (Wildman–Crippen MR) is 79.5 cm³/mol. The third-order valence-corrected chi connectivity index (χ3v) is 2.96. The lowest BCUT2D eigenvalue weighted by Crippen LogP contribution is -2.33. The van der Waals surface area contributed by atoms with Crippen LogP contribution in [0.25, 0.3) is 0 Å². The van der Waals surface area contributed by atoms with Crippen LogP contribution < -0.4 is 10.6 Å². The van der Waals surface area contributed by atoms with Crippen LogP contribution >= 0.6 is 0 Å². The Labute approximate surface area is 116 Å². The number of amides is 1. The number of pyridine rings is 1. The molecule has 0 aliphatic heterocycles. The lowest BCUT2D eigenvalue weighted by Gasteiger charge is -2.13. The lowest BCUT2D eigenvalue weighted by atomic mass is 10.1. The highest BCUT2D eigenvalue weighted by Crippen LogP contribution is 2.07. The molecule has 106 valence electrons. The molecule has 0 saturated heterocycles. The summed E-state index contributed by atoms with van der Waals surface area (Å²) >= 11 is 0. The number of aromatic nitrogens is 1. The maximum atomic E-state index is 12.0. The number of carbonyl (C=O) groups excluding carboxylic acids is 1. The van der Waals surface area contributed by atoms with Crippen LogP contribution in [-0.2, 0) is 0 Å². The molecule has 0 aromatic carbocycles. The molecular formula is C15H25N3O. The molecule has 1 unspecified atom stereocenters. The number of hydrogen-bond acceptors (Lipinski definition) is 3. The van der Waals surface area contributed by atoms with Gasteiger partial charge < -0.3 is 10.6 Å². The topological polar surface area (TPSA) is 54.0 Å². The van der Waals surface area contributed by atoms with E-state index in [-0.39, 0.29) is 11.9 Å². The molecule has 0 fully saturated rings. The number of nitrogens with one attached hydrogen (secondary N) is 2. The van der Waals surface area contributed by atoms with Crippen molar-refractivity contribution in [2.24, 2.45) is 0 Å². The molecule has 0 spiro atoms. The minimum atomic E-state index is -0.0937. The molecule has 0 bridgehead atoms. The second kappa shape index (κ2) is 8.51. The highest BCUT2D eigenvalue weighted by molar-refractivity contribution is 5.92. The van der Waals surface area contributed by atoms with E-state index in [0.717, 1.165) is 25.2 Å². The van der Waals surface area contributed by atoms with Crippen LogP contribution in [0.5, 0.6) is 0 Å². The molecule has 0 aliphatic rings. The number of rotatable bonds is 8. The van der Waals surface area contributed by atoms with Gasteiger partial charge in [-0.25, -0.2) is 4.98 Å². The zero-order valence-corrected chi connectivity index (χ0v) is 12.2. The fourth-order valence-electron chi connectivity index (χ4n) is 1.91. The van der Waals surface area contributed by atoms with Crippen LogP contribution in [0.15, 0.2) is 18.2 Å². The van der Waals surface area contributed by atoms with Gasteiger partial charge in [-0.2, -0.15) is 0 Å². The number of unbranched alkanes of at least 4 members (excludes halogenated alkanes) is 2. The van der Waals surface area contributed by atoms with Crippen molar-refractivity contribution in [2.45, 2.75) is 52.5 Å². The van der Waals surface area contributed by atoms with Gasteiger partial charge in [-0.05, 0) is 32.4 Å². The number of carbonyl (C=O) groups is 1. The first-order valence-corrected chi connectivity index (χ1v) is 7.19. The van der Waals surface area contributed by atoms with Gasteiger partial charge in [-0.3, -0.25) is 4.79 Å². The zero-order chi connectivity index (χ0) is 14.1. The van der Waals surface area contributed by atoms with Gasteiger partial charge in [0, 0.05) is 12.6 Å². The Morgan fingerprint density at radius 3 is 2.79 bits per heavy atom. The van der Waals surface area contributed by atoms with E-state index in [1.807, 2.05) is 26.0 Å². The Morgan fingerprint density at radius 1 is 1.32 bits per heavy atom. The zero-order valence-electron chi connectivity index (χ0n) is 12.2. The van der Waals surface area contributed by atoms with E-state index < -0.39 is 0 Å². The normalized spacial score (nSPS) is 11.9. The van der Waals surface area contributed by atoms with Crippen molar-refractivity contribution in [1.82, 2.24) is 10.3 Å². The van der Waals surface area contributed by atoms with Crippen molar-refractivity contribution in [3.05, 3.63) is 23.9 Å². The van der Waals surface area contributed by atoms with Crippen molar-refractivity contribution >= 4 is 11.7 Å². The van der Waals surface area contributed by atoms with E-state index in [0.29, 0.717) is 5.69 Å². The van der Waals surface area contributed by atoms with Crippen LogP contribution in [0.2, 0.25) is 0 Å². The molecule has 19 heavy (non-hydrogen) atoms. The molecule has 4 nitrogen and oxygen atoms in total. The average Bonchev–Trinajstić information content (AvgIpc) is 2.39. The number of nitrogens with zero attached hydrogens (tertiary/aromatic N) is 1. The standard InChI is InChI=1S/C15H25N3O/c1-4-6-7-9-12(3)17-15(19)13-10-8-11-14(18-13)16-5-2/h8,10-12H,4-7,9H2,1-3H3,(H,16,18)(H,17,19). The van der Waals surface area contributed by atoms with Crippen LogP contribution in [0.3, 0.4) is 0 Å². The van der Waals surface area contributed by atoms with Gasteiger partial charge in [0.15, 0.2) is 0 Å². The molecule has 1 amide bonds. The lowest BCUT2D eigenvalue weighted by molar-refractivity contribution is 0.0933. The van der Waals surface area contributed by atoms with Gasteiger partial charge in [0.1, 0.15) is 11.5 Å². The average molecular weight is 263 g/mol. The fraction of sp³-hybridized carbons (Fsp3) is 0.600. The molecule has 1 aromatic rings. The van der Waals surface area contributed by atoms with Gasteiger partial charge >= 0.3 is 0 Å². The van der Waals surface area contributed by atoms with Crippen LogP contribution in [-0.4, -0.2) is 23.5 Å². The maximum absolute atomic E-state index is 12.0. The summed E-state index contributed by atoms with van der Waals surface area (Å²) in [7, 11) is 0. The molecular weight excluding hydrogens is 238 g/mol. The second-order valence-corrected chi connectivity index (χ2v) is 4.81. The van der Waals surface area contributed by atoms with Gasteiger partial charge in [0.2, 0.25) is 0 Å². The molecule has 0 aliphatic carbocycles. The van der Waals surface area contributed by atoms with E-state index in [4.69, 9.17) is 0 Å². The summed E-state index contributed by atoms with van der Waals surface area (Å²) < 4.78 is 0. The van der Waals surface area contributed by atoms with Crippen LogP contribution in [0.1, 0.15) is 56.9 Å². The summed E-state index contributed by atoms with van der Waals surface area (Å²) in [6.07, 6.45) is 4.59. The summed E-state index contributed by atoms with van der Waals surface area (Å²) in [6, 6.07) is 5.66. The van der Waals surface area contributed by atoms with E-state index in [2.05, 4.69) is 22.5 Å². The quantitative estimate of drug-likeness (QED) is 0.708. The minimum absolute atomic E-state index is 0.0937.